The average molecular weight is 372 g/mol. The van der Waals surface area contributed by atoms with Crippen molar-refractivity contribution in [2.24, 2.45) is 0 Å². The normalized spacial score (nSPS) is 16.6. The molecule has 2 amide bonds. The molecule has 0 spiro atoms. The number of nitrogens with one attached hydrogen (secondary N) is 1. The van der Waals surface area contributed by atoms with Gasteiger partial charge in [0, 0.05) is 37.6 Å². The third-order valence-electron chi connectivity index (χ3n) is 5.49. The number of fused-ring (bicyclic) bond motifs is 1. The summed E-state index contributed by atoms with van der Waals surface area (Å²) in [5.41, 5.74) is 2.89. The summed E-state index contributed by atoms with van der Waals surface area (Å²) in [6.07, 6.45) is 2.13. The minimum Gasteiger partial charge on any atom is -0.336 e. The van der Waals surface area contributed by atoms with Gasteiger partial charge in [-0.1, -0.05) is 37.3 Å². The fourth-order valence-electron chi connectivity index (χ4n) is 3.59. The topological polar surface area (TPSA) is 35.6 Å². The van der Waals surface area contributed by atoms with E-state index in [0.717, 1.165) is 25.9 Å². The lowest BCUT2D eigenvalue weighted by molar-refractivity contribution is 0.160. The Morgan fingerprint density at radius 2 is 2.04 bits per heavy atom. The van der Waals surface area contributed by atoms with Gasteiger partial charge in [0.15, 0.2) is 0 Å². The maximum atomic E-state index is 12.6. The molecule has 0 fully saturated rings. The van der Waals surface area contributed by atoms with E-state index >= 15 is 0 Å². The first kappa shape index (κ1) is 18.9. The zero-order valence-electron chi connectivity index (χ0n) is 15.9. The van der Waals surface area contributed by atoms with Crippen molar-refractivity contribution >= 4 is 17.4 Å². The number of thiophene rings is 1. The van der Waals surface area contributed by atoms with Gasteiger partial charge in [0.2, 0.25) is 0 Å². The van der Waals surface area contributed by atoms with Gasteiger partial charge in [-0.3, -0.25) is 4.90 Å². The number of rotatable bonds is 6. The average Bonchev–Trinajstić information content (AvgIpc) is 3.21. The quantitative estimate of drug-likeness (QED) is 0.822. The van der Waals surface area contributed by atoms with Gasteiger partial charge in [-0.05, 0) is 42.3 Å². The molecule has 2 atom stereocenters. The summed E-state index contributed by atoms with van der Waals surface area (Å²) in [6.45, 7) is 7.01. The van der Waals surface area contributed by atoms with Gasteiger partial charge >= 0.3 is 6.03 Å². The number of carbonyl (C=O) groups is 1. The van der Waals surface area contributed by atoms with Gasteiger partial charge in [-0.15, -0.1) is 11.3 Å². The van der Waals surface area contributed by atoms with Crippen LogP contribution in [0.15, 0.2) is 41.8 Å². The van der Waals surface area contributed by atoms with Crippen LogP contribution in [-0.4, -0.2) is 42.0 Å². The maximum Gasteiger partial charge on any atom is 0.317 e. The molecular weight excluding hydrogens is 342 g/mol. The van der Waals surface area contributed by atoms with E-state index < -0.39 is 0 Å². The zero-order valence-corrected chi connectivity index (χ0v) is 16.8. The van der Waals surface area contributed by atoms with Gasteiger partial charge < -0.3 is 10.2 Å². The van der Waals surface area contributed by atoms with Crippen molar-refractivity contribution in [3.05, 3.63) is 57.8 Å². The van der Waals surface area contributed by atoms with Crippen LogP contribution in [0.3, 0.4) is 0 Å². The minimum atomic E-state index is 0.00163. The molecule has 2 heterocycles. The second-order valence-corrected chi connectivity index (χ2v) is 8.02. The summed E-state index contributed by atoms with van der Waals surface area (Å²) >= 11 is 1.69. The van der Waals surface area contributed by atoms with Crippen molar-refractivity contribution in [3.63, 3.8) is 0 Å². The molecule has 0 bridgehead atoms. The maximum absolute atomic E-state index is 12.6. The molecule has 2 aromatic rings. The lowest BCUT2D eigenvalue weighted by atomic mass is 9.98. The number of carbonyl (C=O) groups excluding carboxylic acids is 1. The summed E-state index contributed by atoms with van der Waals surface area (Å²) in [7, 11) is 1.87. The Morgan fingerprint density at radius 3 is 2.73 bits per heavy atom. The van der Waals surface area contributed by atoms with Crippen LogP contribution in [0.2, 0.25) is 0 Å². The number of hydrogen-bond donors (Lipinski definition) is 1. The van der Waals surface area contributed by atoms with E-state index in [9.17, 15) is 4.79 Å². The van der Waals surface area contributed by atoms with Crippen LogP contribution in [0.25, 0.3) is 0 Å². The minimum absolute atomic E-state index is 0.00163. The molecule has 5 heteroatoms. The first-order valence-electron chi connectivity index (χ1n) is 9.45. The highest BCUT2D eigenvalue weighted by Crippen LogP contribution is 2.24. The molecule has 1 N–H and O–H groups in total. The standard InChI is InChI=1S/C21H29N3OS/c1-4-19(24-12-11-17-8-5-6-9-18(17)15-24)14-22-21(25)23(3)16(2)20-10-7-13-26-20/h5-10,13,16,19H,4,11-12,14-15H2,1-3H3,(H,22,25). The summed E-state index contributed by atoms with van der Waals surface area (Å²) in [5, 5.41) is 5.20. The Kier molecular flexibility index (Phi) is 6.33. The lowest BCUT2D eigenvalue weighted by Gasteiger charge is -2.36. The first-order valence-corrected chi connectivity index (χ1v) is 10.3. The molecule has 1 aliphatic heterocycles. The highest BCUT2D eigenvalue weighted by atomic mass is 32.1. The summed E-state index contributed by atoms with van der Waals surface area (Å²) in [5.74, 6) is 0. The van der Waals surface area contributed by atoms with Crippen LogP contribution in [0.1, 0.15) is 42.3 Å². The van der Waals surface area contributed by atoms with Crippen molar-refractivity contribution in [1.82, 2.24) is 15.1 Å². The van der Waals surface area contributed by atoms with E-state index in [0.29, 0.717) is 12.6 Å². The molecule has 0 saturated heterocycles. The van der Waals surface area contributed by atoms with Crippen LogP contribution in [0.5, 0.6) is 0 Å². The number of hydrogen-bond acceptors (Lipinski definition) is 3. The molecule has 1 aromatic carbocycles. The van der Waals surface area contributed by atoms with E-state index in [4.69, 9.17) is 0 Å². The van der Waals surface area contributed by atoms with Gasteiger partial charge in [0.25, 0.3) is 0 Å². The molecule has 26 heavy (non-hydrogen) atoms. The summed E-state index contributed by atoms with van der Waals surface area (Å²) < 4.78 is 0. The van der Waals surface area contributed by atoms with Gasteiger partial charge in [-0.2, -0.15) is 0 Å². The van der Waals surface area contributed by atoms with Gasteiger partial charge in [0.1, 0.15) is 0 Å². The zero-order chi connectivity index (χ0) is 18.5. The first-order chi connectivity index (χ1) is 12.6. The molecule has 3 rings (SSSR count). The molecule has 0 saturated carbocycles. The van der Waals surface area contributed by atoms with Crippen molar-refractivity contribution in [2.75, 3.05) is 20.1 Å². The number of nitrogens with zero attached hydrogens (tertiary/aromatic N) is 2. The molecule has 0 aliphatic carbocycles. The Morgan fingerprint density at radius 1 is 1.27 bits per heavy atom. The van der Waals surface area contributed by atoms with Crippen LogP contribution in [0, 0.1) is 0 Å². The highest BCUT2D eigenvalue weighted by Gasteiger charge is 2.24. The highest BCUT2D eigenvalue weighted by molar-refractivity contribution is 7.10. The third-order valence-corrected chi connectivity index (χ3v) is 6.54. The second-order valence-electron chi connectivity index (χ2n) is 7.04. The van der Waals surface area contributed by atoms with Crippen molar-refractivity contribution in [2.45, 2.75) is 45.3 Å². The second kappa shape index (κ2) is 8.69. The molecule has 4 nitrogen and oxygen atoms in total. The fraction of sp³-hybridized carbons (Fsp3) is 0.476. The molecule has 1 aromatic heterocycles. The predicted octanol–water partition coefficient (Wildman–Crippen LogP) is 4.29. The molecule has 140 valence electrons. The summed E-state index contributed by atoms with van der Waals surface area (Å²) in [4.78, 5) is 18.1. The Hall–Kier alpha value is -1.85. The van der Waals surface area contributed by atoms with Gasteiger partial charge in [0.05, 0.1) is 6.04 Å². The van der Waals surface area contributed by atoms with Crippen molar-refractivity contribution in [1.29, 1.82) is 0 Å². The Labute approximate surface area is 160 Å². The van der Waals surface area contributed by atoms with E-state index in [2.05, 4.69) is 59.8 Å². The van der Waals surface area contributed by atoms with Crippen LogP contribution < -0.4 is 5.32 Å². The largest absolute Gasteiger partial charge is 0.336 e. The Balaban J connectivity index is 1.55. The van der Waals surface area contributed by atoms with E-state index in [1.54, 1.807) is 16.2 Å². The Bertz CT molecular complexity index is 716. The predicted molar refractivity (Wildman–Crippen MR) is 109 cm³/mol. The SMILES string of the molecule is CCC(CNC(=O)N(C)C(C)c1cccs1)N1CCc2ccccc2C1. The fourth-order valence-corrected chi connectivity index (χ4v) is 4.41. The van der Waals surface area contributed by atoms with Gasteiger partial charge in [-0.25, -0.2) is 4.79 Å². The molecule has 0 radical (unpaired) electrons. The summed E-state index contributed by atoms with van der Waals surface area (Å²) in [6, 6.07) is 13.3. The smallest absolute Gasteiger partial charge is 0.317 e. The monoisotopic (exact) mass is 371 g/mol. The van der Waals surface area contributed by atoms with Crippen LogP contribution in [0.4, 0.5) is 4.79 Å². The van der Waals surface area contributed by atoms with E-state index in [-0.39, 0.29) is 12.1 Å². The number of amides is 2. The molecule has 1 aliphatic rings. The third kappa shape index (κ3) is 4.27. The number of urea groups is 1. The molecular formula is C21H29N3OS. The van der Waals surface area contributed by atoms with E-state index in [1.807, 2.05) is 13.1 Å². The van der Waals surface area contributed by atoms with Crippen molar-refractivity contribution < 1.29 is 4.79 Å². The van der Waals surface area contributed by atoms with E-state index in [1.165, 1.54) is 16.0 Å². The lowest BCUT2D eigenvalue weighted by Crippen LogP contribution is -2.48. The van der Waals surface area contributed by atoms with Crippen molar-refractivity contribution in [3.8, 4) is 0 Å². The molecule has 2 unspecified atom stereocenters. The van der Waals surface area contributed by atoms with Crippen LogP contribution >= 0.6 is 11.3 Å². The number of benzene rings is 1. The van der Waals surface area contributed by atoms with Crippen LogP contribution in [-0.2, 0) is 13.0 Å².